The molecule has 0 aliphatic heterocycles. The van der Waals surface area contributed by atoms with Gasteiger partial charge in [-0.05, 0) is 37.1 Å². The molecule has 0 fully saturated rings. The lowest BCUT2D eigenvalue weighted by atomic mass is 10.1. The average molecular weight is 210 g/mol. The second-order valence-electron chi connectivity index (χ2n) is 3.24. The Balaban J connectivity index is 3.02. The number of hydrogen-bond donors (Lipinski definition) is 1. The molecule has 0 spiro atoms. The van der Waals surface area contributed by atoms with Crippen molar-refractivity contribution in [1.29, 1.82) is 0 Å². The molecule has 1 rings (SSSR count). The van der Waals surface area contributed by atoms with Gasteiger partial charge in [-0.1, -0.05) is 6.92 Å². The molecule has 0 N–H and O–H groups in total. The summed E-state index contributed by atoms with van der Waals surface area (Å²) in [5.74, 6) is 0.456. The van der Waals surface area contributed by atoms with E-state index in [1.165, 1.54) is 0 Å². The molecule has 0 aliphatic rings. The van der Waals surface area contributed by atoms with Crippen LogP contribution in [0.4, 0.5) is 0 Å². The highest BCUT2D eigenvalue weighted by molar-refractivity contribution is 7.80. The maximum Gasteiger partial charge on any atom is 0.310 e. The maximum absolute atomic E-state index is 11.1. The first-order valence-corrected chi connectivity index (χ1v) is 5.00. The number of hydrogen-bond acceptors (Lipinski definition) is 3. The van der Waals surface area contributed by atoms with E-state index in [0.29, 0.717) is 12.2 Å². The van der Waals surface area contributed by atoms with E-state index in [1.807, 2.05) is 26.0 Å². The molecular weight excluding hydrogens is 196 g/mol. The molecule has 0 aliphatic carbocycles. The topological polar surface area (TPSA) is 26.3 Å². The fraction of sp³-hybridized carbons (Fsp3) is 0.364. The first kappa shape index (κ1) is 11.1. The third kappa shape index (κ3) is 2.51. The largest absolute Gasteiger partial charge is 0.426 e. The lowest BCUT2D eigenvalue weighted by Crippen LogP contribution is -2.07. The van der Waals surface area contributed by atoms with E-state index in [2.05, 4.69) is 12.6 Å². The summed E-state index contributed by atoms with van der Waals surface area (Å²) in [4.78, 5) is 12.0. The van der Waals surface area contributed by atoms with Crippen molar-refractivity contribution in [2.45, 2.75) is 32.1 Å². The van der Waals surface area contributed by atoms with Crippen molar-refractivity contribution in [1.82, 2.24) is 0 Å². The zero-order chi connectivity index (χ0) is 10.7. The summed E-state index contributed by atoms with van der Waals surface area (Å²) < 4.78 is 5.21. The summed E-state index contributed by atoms with van der Waals surface area (Å²) >= 11 is 4.24. The second kappa shape index (κ2) is 4.51. The van der Waals surface area contributed by atoms with Gasteiger partial charge in [0.15, 0.2) is 0 Å². The van der Waals surface area contributed by atoms with Crippen LogP contribution in [0.5, 0.6) is 5.75 Å². The molecule has 0 saturated carbocycles. The van der Waals surface area contributed by atoms with Crippen LogP contribution in [0.1, 0.15) is 24.5 Å². The Morgan fingerprint density at radius 1 is 1.36 bits per heavy atom. The summed E-state index contributed by atoms with van der Waals surface area (Å²) in [7, 11) is 0. The molecule has 0 aromatic heterocycles. The van der Waals surface area contributed by atoms with Gasteiger partial charge >= 0.3 is 5.97 Å². The molecule has 1 aromatic carbocycles. The first-order chi connectivity index (χ1) is 6.54. The van der Waals surface area contributed by atoms with Crippen LogP contribution >= 0.6 is 12.6 Å². The minimum Gasteiger partial charge on any atom is -0.426 e. The van der Waals surface area contributed by atoms with Crippen LogP contribution in [-0.4, -0.2) is 5.97 Å². The molecule has 0 bridgehead atoms. The third-order valence-corrected chi connectivity index (χ3v) is 2.21. The number of benzene rings is 1. The smallest absolute Gasteiger partial charge is 0.310 e. The molecular formula is C11H14O2S. The van der Waals surface area contributed by atoms with Crippen LogP contribution in [0, 0.1) is 13.8 Å². The Morgan fingerprint density at radius 3 is 2.29 bits per heavy atom. The molecule has 0 radical (unpaired) electrons. The van der Waals surface area contributed by atoms with Crippen molar-refractivity contribution < 1.29 is 9.53 Å². The van der Waals surface area contributed by atoms with Crippen LogP contribution in [0.2, 0.25) is 0 Å². The van der Waals surface area contributed by atoms with Gasteiger partial charge in [-0.3, -0.25) is 4.79 Å². The predicted molar refractivity (Wildman–Crippen MR) is 59.1 cm³/mol. The zero-order valence-corrected chi connectivity index (χ0v) is 9.52. The normalized spacial score (nSPS) is 10.0. The van der Waals surface area contributed by atoms with Gasteiger partial charge in [0.05, 0.1) is 0 Å². The van der Waals surface area contributed by atoms with Gasteiger partial charge in [-0.15, -0.1) is 12.6 Å². The molecule has 14 heavy (non-hydrogen) atoms. The maximum atomic E-state index is 11.1. The standard InChI is InChI=1S/C11H14O2S/c1-4-10(12)13-11-7(2)5-9(14)6-8(11)3/h5-6,14H,4H2,1-3H3. The van der Waals surface area contributed by atoms with Gasteiger partial charge < -0.3 is 4.74 Å². The molecule has 0 saturated heterocycles. The summed E-state index contributed by atoms with van der Waals surface area (Å²) in [6, 6.07) is 3.77. The second-order valence-corrected chi connectivity index (χ2v) is 3.75. The Morgan fingerprint density at radius 2 is 1.86 bits per heavy atom. The van der Waals surface area contributed by atoms with Crippen molar-refractivity contribution in [3.05, 3.63) is 23.3 Å². The Bertz CT molecular complexity index is 335. The summed E-state index contributed by atoms with van der Waals surface area (Å²) in [6.45, 7) is 5.59. The first-order valence-electron chi connectivity index (χ1n) is 4.55. The van der Waals surface area contributed by atoms with Crippen LogP contribution in [0.25, 0.3) is 0 Å². The van der Waals surface area contributed by atoms with E-state index < -0.39 is 0 Å². The molecule has 3 heteroatoms. The Kier molecular flexibility index (Phi) is 3.58. The minimum absolute atomic E-state index is 0.205. The van der Waals surface area contributed by atoms with Gasteiger partial charge in [0.25, 0.3) is 0 Å². The van der Waals surface area contributed by atoms with Gasteiger partial charge in [-0.25, -0.2) is 0 Å². The molecule has 0 atom stereocenters. The van der Waals surface area contributed by atoms with E-state index in [9.17, 15) is 4.79 Å². The van der Waals surface area contributed by atoms with Crippen LogP contribution in [0.15, 0.2) is 17.0 Å². The number of ether oxygens (including phenoxy) is 1. The Labute approximate surface area is 89.7 Å². The predicted octanol–water partition coefficient (Wildman–Crippen LogP) is 2.91. The lowest BCUT2D eigenvalue weighted by molar-refractivity contribution is -0.134. The highest BCUT2D eigenvalue weighted by Gasteiger charge is 2.08. The lowest BCUT2D eigenvalue weighted by Gasteiger charge is -2.10. The molecule has 0 unspecified atom stereocenters. The summed E-state index contributed by atoms with van der Waals surface area (Å²) in [6.07, 6.45) is 0.390. The van der Waals surface area contributed by atoms with Gasteiger partial charge in [-0.2, -0.15) is 0 Å². The molecule has 0 heterocycles. The fourth-order valence-corrected chi connectivity index (χ4v) is 1.66. The Hall–Kier alpha value is -0.960. The monoisotopic (exact) mass is 210 g/mol. The van der Waals surface area contributed by atoms with Gasteiger partial charge in [0.1, 0.15) is 5.75 Å². The van der Waals surface area contributed by atoms with Crippen molar-refractivity contribution in [2.75, 3.05) is 0 Å². The van der Waals surface area contributed by atoms with Crippen LogP contribution in [-0.2, 0) is 4.79 Å². The fourth-order valence-electron chi connectivity index (χ4n) is 1.27. The summed E-state index contributed by atoms with van der Waals surface area (Å²) in [5.41, 5.74) is 1.88. The van der Waals surface area contributed by atoms with Gasteiger partial charge in [0.2, 0.25) is 0 Å². The highest BCUT2D eigenvalue weighted by atomic mass is 32.1. The molecule has 1 aromatic rings. The van der Waals surface area contributed by atoms with Gasteiger partial charge in [0, 0.05) is 11.3 Å². The van der Waals surface area contributed by atoms with E-state index >= 15 is 0 Å². The van der Waals surface area contributed by atoms with E-state index in [0.717, 1.165) is 16.0 Å². The van der Waals surface area contributed by atoms with E-state index in [1.54, 1.807) is 6.92 Å². The number of thiol groups is 1. The minimum atomic E-state index is -0.205. The SMILES string of the molecule is CCC(=O)Oc1c(C)cc(S)cc1C. The van der Waals surface area contributed by atoms with Crippen molar-refractivity contribution >= 4 is 18.6 Å². The quantitative estimate of drug-likeness (QED) is 0.461. The van der Waals surface area contributed by atoms with E-state index in [4.69, 9.17) is 4.74 Å². The molecule has 2 nitrogen and oxygen atoms in total. The average Bonchev–Trinajstić information content (AvgIpc) is 2.10. The van der Waals surface area contributed by atoms with Crippen LogP contribution in [0.3, 0.4) is 0 Å². The molecule has 0 amide bonds. The summed E-state index contributed by atoms with van der Waals surface area (Å²) in [5, 5.41) is 0. The van der Waals surface area contributed by atoms with Crippen LogP contribution < -0.4 is 4.74 Å². The third-order valence-electron chi connectivity index (χ3n) is 1.95. The number of esters is 1. The van der Waals surface area contributed by atoms with Crippen molar-refractivity contribution in [2.24, 2.45) is 0 Å². The number of rotatable bonds is 2. The van der Waals surface area contributed by atoms with Crippen molar-refractivity contribution in [3.63, 3.8) is 0 Å². The number of carbonyl (C=O) groups is 1. The van der Waals surface area contributed by atoms with E-state index in [-0.39, 0.29) is 5.97 Å². The number of aryl methyl sites for hydroxylation is 2. The zero-order valence-electron chi connectivity index (χ0n) is 8.63. The highest BCUT2D eigenvalue weighted by Crippen LogP contribution is 2.26. The molecule has 76 valence electrons. The number of carbonyl (C=O) groups excluding carboxylic acids is 1. The van der Waals surface area contributed by atoms with Crippen molar-refractivity contribution in [3.8, 4) is 5.75 Å².